The van der Waals surface area contributed by atoms with Crippen LogP contribution >= 0.6 is 0 Å². The number of nitrogens with one attached hydrogen (secondary N) is 1. The van der Waals surface area contributed by atoms with Gasteiger partial charge in [-0.15, -0.1) is 0 Å². The van der Waals surface area contributed by atoms with Crippen molar-refractivity contribution >= 4 is 22.9 Å². The molecular weight excluding hydrogens is 396 g/mol. The molecule has 0 fully saturated rings. The summed E-state index contributed by atoms with van der Waals surface area (Å²) in [5.41, 5.74) is 3.05. The Morgan fingerprint density at radius 1 is 1.19 bits per heavy atom. The van der Waals surface area contributed by atoms with E-state index in [1.165, 1.54) is 13.3 Å². The van der Waals surface area contributed by atoms with E-state index in [4.69, 9.17) is 9.47 Å². The maximum atomic E-state index is 12.6. The van der Waals surface area contributed by atoms with Gasteiger partial charge in [0.25, 0.3) is 11.5 Å². The highest BCUT2D eigenvalue weighted by Gasteiger charge is 2.15. The maximum absolute atomic E-state index is 12.6. The molecule has 0 spiro atoms. The van der Waals surface area contributed by atoms with E-state index in [0.717, 1.165) is 16.7 Å². The second-order valence-corrected chi connectivity index (χ2v) is 7.46. The lowest BCUT2D eigenvalue weighted by atomic mass is 10.1. The standard InChI is InChI=1S/C23H26N4O4/c1-15(2)11-12-31-19-10-9-16(13-20(19)30-4)14-24-25-22(28)21-17-7-5-6-8-18(17)23(29)27(3)26-21/h5-10,13-15H,11-12H2,1-4H3,(H,25,28). The fourth-order valence-corrected chi connectivity index (χ4v) is 2.97. The predicted molar refractivity (Wildman–Crippen MR) is 120 cm³/mol. The Morgan fingerprint density at radius 3 is 2.65 bits per heavy atom. The fourth-order valence-electron chi connectivity index (χ4n) is 2.97. The van der Waals surface area contributed by atoms with Crippen LogP contribution in [0.1, 0.15) is 36.3 Å². The molecule has 0 unspecified atom stereocenters. The lowest BCUT2D eigenvalue weighted by Crippen LogP contribution is -2.27. The predicted octanol–water partition coefficient (Wildman–Crippen LogP) is 3.13. The van der Waals surface area contributed by atoms with Crippen LogP contribution in [0.4, 0.5) is 0 Å². The van der Waals surface area contributed by atoms with E-state index in [2.05, 4.69) is 29.5 Å². The molecule has 1 heterocycles. The molecule has 0 aliphatic heterocycles. The molecule has 31 heavy (non-hydrogen) atoms. The van der Waals surface area contributed by atoms with E-state index in [1.807, 2.05) is 12.1 Å². The van der Waals surface area contributed by atoms with Gasteiger partial charge in [-0.25, -0.2) is 10.1 Å². The molecule has 8 nitrogen and oxygen atoms in total. The lowest BCUT2D eigenvalue weighted by Gasteiger charge is -2.12. The van der Waals surface area contributed by atoms with Crippen molar-refractivity contribution in [3.63, 3.8) is 0 Å². The normalized spacial score (nSPS) is 11.3. The van der Waals surface area contributed by atoms with Crippen LogP contribution in [0.15, 0.2) is 52.4 Å². The largest absolute Gasteiger partial charge is 0.493 e. The topological polar surface area (TPSA) is 94.8 Å². The van der Waals surface area contributed by atoms with E-state index in [1.54, 1.807) is 37.4 Å². The number of ether oxygens (including phenoxy) is 2. The summed E-state index contributed by atoms with van der Waals surface area (Å²) in [6.45, 7) is 4.89. The Hall–Kier alpha value is -3.68. The van der Waals surface area contributed by atoms with Crippen molar-refractivity contribution in [1.82, 2.24) is 15.2 Å². The number of carbonyl (C=O) groups excluding carboxylic acids is 1. The number of nitrogens with zero attached hydrogens (tertiary/aromatic N) is 3. The molecule has 162 valence electrons. The second-order valence-electron chi connectivity index (χ2n) is 7.46. The van der Waals surface area contributed by atoms with Gasteiger partial charge in [0, 0.05) is 12.4 Å². The first-order chi connectivity index (χ1) is 14.9. The summed E-state index contributed by atoms with van der Waals surface area (Å²) < 4.78 is 12.3. The van der Waals surface area contributed by atoms with E-state index in [9.17, 15) is 9.59 Å². The number of hydrazone groups is 1. The summed E-state index contributed by atoms with van der Waals surface area (Å²) in [6.07, 6.45) is 2.45. The zero-order valence-electron chi connectivity index (χ0n) is 18.1. The van der Waals surface area contributed by atoms with Crippen LogP contribution in [0.2, 0.25) is 0 Å². The molecule has 1 amide bonds. The third-order valence-electron chi connectivity index (χ3n) is 4.69. The number of fused-ring (bicyclic) bond motifs is 1. The monoisotopic (exact) mass is 422 g/mol. The molecular formula is C23H26N4O4. The lowest BCUT2D eigenvalue weighted by molar-refractivity contribution is 0.0950. The van der Waals surface area contributed by atoms with Gasteiger partial charge in [-0.3, -0.25) is 9.59 Å². The van der Waals surface area contributed by atoms with Crippen molar-refractivity contribution in [1.29, 1.82) is 0 Å². The molecule has 0 atom stereocenters. The number of amides is 1. The molecule has 0 aliphatic rings. The van der Waals surface area contributed by atoms with Gasteiger partial charge in [-0.05, 0) is 42.2 Å². The summed E-state index contributed by atoms with van der Waals surface area (Å²) in [4.78, 5) is 24.8. The molecule has 0 bridgehead atoms. The zero-order chi connectivity index (χ0) is 22.4. The molecule has 0 saturated carbocycles. The molecule has 8 heteroatoms. The van der Waals surface area contributed by atoms with Crippen LogP contribution in [0.3, 0.4) is 0 Å². The number of carbonyl (C=O) groups is 1. The smallest absolute Gasteiger partial charge is 0.292 e. The third kappa shape index (κ3) is 5.28. The molecule has 0 saturated heterocycles. The zero-order valence-corrected chi connectivity index (χ0v) is 18.1. The fraction of sp³-hybridized carbons (Fsp3) is 0.304. The van der Waals surface area contributed by atoms with Gasteiger partial charge in [-0.1, -0.05) is 32.0 Å². The van der Waals surface area contributed by atoms with Gasteiger partial charge < -0.3 is 9.47 Å². The number of benzene rings is 2. The number of aryl methyl sites for hydroxylation is 1. The molecule has 2 aromatic carbocycles. The number of hydrogen-bond acceptors (Lipinski definition) is 6. The summed E-state index contributed by atoms with van der Waals surface area (Å²) in [5, 5.41) is 9.00. The average Bonchev–Trinajstić information content (AvgIpc) is 2.76. The molecule has 3 rings (SSSR count). The first-order valence-corrected chi connectivity index (χ1v) is 10.0. The Morgan fingerprint density at radius 2 is 1.94 bits per heavy atom. The summed E-state index contributed by atoms with van der Waals surface area (Å²) in [7, 11) is 3.08. The van der Waals surface area contributed by atoms with E-state index in [0.29, 0.717) is 34.8 Å². The molecule has 0 radical (unpaired) electrons. The minimum Gasteiger partial charge on any atom is -0.493 e. The minimum absolute atomic E-state index is 0.126. The van der Waals surface area contributed by atoms with Gasteiger partial charge in [0.05, 0.1) is 25.3 Å². The third-order valence-corrected chi connectivity index (χ3v) is 4.69. The first kappa shape index (κ1) is 22.0. The first-order valence-electron chi connectivity index (χ1n) is 10.0. The van der Waals surface area contributed by atoms with Gasteiger partial charge >= 0.3 is 0 Å². The van der Waals surface area contributed by atoms with Crippen LogP contribution in [0.25, 0.3) is 10.8 Å². The Kier molecular flexibility index (Phi) is 7.02. The van der Waals surface area contributed by atoms with Crippen molar-refractivity contribution in [2.75, 3.05) is 13.7 Å². The van der Waals surface area contributed by atoms with Crippen LogP contribution in [-0.4, -0.2) is 35.6 Å². The van der Waals surface area contributed by atoms with Crippen LogP contribution in [0.5, 0.6) is 11.5 Å². The van der Waals surface area contributed by atoms with Gasteiger partial charge in [0.15, 0.2) is 17.2 Å². The van der Waals surface area contributed by atoms with Gasteiger partial charge in [-0.2, -0.15) is 10.2 Å². The SMILES string of the molecule is COc1cc(C=NNC(=O)c2nn(C)c(=O)c3ccccc23)ccc1OCCC(C)C. The van der Waals surface area contributed by atoms with Crippen molar-refractivity contribution in [3.8, 4) is 11.5 Å². The highest BCUT2D eigenvalue weighted by molar-refractivity contribution is 6.04. The van der Waals surface area contributed by atoms with Crippen molar-refractivity contribution in [3.05, 3.63) is 64.1 Å². The van der Waals surface area contributed by atoms with E-state index in [-0.39, 0.29) is 11.3 Å². The van der Waals surface area contributed by atoms with E-state index >= 15 is 0 Å². The van der Waals surface area contributed by atoms with E-state index < -0.39 is 5.91 Å². The van der Waals surface area contributed by atoms with Gasteiger partial charge in [0.2, 0.25) is 0 Å². The van der Waals surface area contributed by atoms with Crippen molar-refractivity contribution < 1.29 is 14.3 Å². The Bertz CT molecular complexity index is 1170. The van der Waals surface area contributed by atoms with Crippen LogP contribution < -0.4 is 20.5 Å². The quantitative estimate of drug-likeness (QED) is 0.445. The van der Waals surface area contributed by atoms with Crippen LogP contribution in [0, 0.1) is 5.92 Å². The average molecular weight is 422 g/mol. The second kappa shape index (κ2) is 9.88. The highest BCUT2D eigenvalue weighted by atomic mass is 16.5. The number of rotatable bonds is 8. The minimum atomic E-state index is -0.511. The molecule has 3 aromatic rings. The summed E-state index contributed by atoms with van der Waals surface area (Å²) >= 11 is 0. The number of hydrogen-bond donors (Lipinski definition) is 1. The summed E-state index contributed by atoms with van der Waals surface area (Å²) in [5.74, 6) is 1.29. The van der Waals surface area contributed by atoms with Crippen molar-refractivity contribution in [2.24, 2.45) is 18.1 Å². The molecule has 1 aromatic heterocycles. The highest BCUT2D eigenvalue weighted by Crippen LogP contribution is 2.28. The van der Waals surface area contributed by atoms with Crippen molar-refractivity contribution in [2.45, 2.75) is 20.3 Å². The number of methoxy groups -OCH3 is 1. The summed E-state index contributed by atoms with van der Waals surface area (Å²) in [6, 6.07) is 12.3. The van der Waals surface area contributed by atoms with Gasteiger partial charge in [0.1, 0.15) is 0 Å². The molecule has 0 aliphatic carbocycles. The maximum Gasteiger partial charge on any atom is 0.292 e. The van der Waals surface area contributed by atoms with Crippen LogP contribution in [-0.2, 0) is 7.05 Å². The Balaban J connectivity index is 1.74. The Labute approximate surface area is 180 Å². The number of aromatic nitrogens is 2. The molecule has 1 N–H and O–H groups in total.